The van der Waals surface area contributed by atoms with E-state index in [-0.39, 0.29) is 30.4 Å². The van der Waals surface area contributed by atoms with Gasteiger partial charge < -0.3 is 14.5 Å². The van der Waals surface area contributed by atoms with Crippen molar-refractivity contribution in [3.8, 4) is 0 Å². The van der Waals surface area contributed by atoms with E-state index >= 15 is 0 Å². The van der Waals surface area contributed by atoms with E-state index in [4.69, 9.17) is 32.8 Å². The highest BCUT2D eigenvalue weighted by molar-refractivity contribution is 6.35. The molecule has 0 radical (unpaired) electrons. The molecule has 2 aliphatic heterocycles. The van der Waals surface area contributed by atoms with Gasteiger partial charge in [0.2, 0.25) is 0 Å². The van der Waals surface area contributed by atoms with Crippen LogP contribution in [0.3, 0.4) is 0 Å². The van der Waals surface area contributed by atoms with Crippen molar-refractivity contribution < 1.29 is 24.0 Å². The van der Waals surface area contributed by atoms with Crippen LogP contribution in [0.5, 0.6) is 0 Å². The maximum atomic E-state index is 14.2. The van der Waals surface area contributed by atoms with Gasteiger partial charge in [0, 0.05) is 35.2 Å². The molecule has 1 N–H and O–H groups in total. The van der Waals surface area contributed by atoms with Gasteiger partial charge in [-0.3, -0.25) is 14.4 Å². The zero-order valence-electron chi connectivity index (χ0n) is 25.1. The number of amides is 3. The molecule has 5 rings (SSSR count). The first kappa shape index (κ1) is 31.8. The summed E-state index contributed by atoms with van der Waals surface area (Å²) < 4.78 is 5.56. The van der Waals surface area contributed by atoms with Crippen LogP contribution in [0.25, 0.3) is 0 Å². The second-order valence-electron chi connectivity index (χ2n) is 12.3. The second kappa shape index (κ2) is 13.6. The Hall–Kier alpha value is -3.59. The lowest BCUT2D eigenvalue weighted by Gasteiger charge is -2.44. The number of rotatable bonds is 7. The van der Waals surface area contributed by atoms with Crippen LogP contribution in [0.1, 0.15) is 72.6 Å². The summed E-state index contributed by atoms with van der Waals surface area (Å²) in [5.41, 5.74) is 4.66. The standard InChI is InChI=1S/C34H37Cl2N3O5/c1-34(2,3)44-33(42)38-17-15-22(16-18-38)20-39-30(27-14-13-24(35)19-28(27)36)29(25-11-7-8-12-26(25)32(39)41)31(40)37-43-21-23-9-5-4-6-10-23/h4-14,19,22,29-30H,15-18,20-21H2,1-3H3,(H,37,40)/t29-,30+/m1/s1. The van der Waals surface area contributed by atoms with Crippen molar-refractivity contribution in [3.05, 3.63) is 105 Å². The first-order valence-corrected chi connectivity index (χ1v) is 15.6. The molecule has 10 heteroatoms. The maximum Gasteiger partial charge on any atom is 0.410 e. The molecule has 0 unspecified atom stereocenters. The minimum Gasteiger partial charge on any atom is -0.444 e. The SMILES string of the molecule is CC(C)(C)OC(=O)N1CCC(CN2C(=O)c3ccccc3[C@@H](C(=O)NOCc3ccccc3)[C@@H]2c2ccc(Cl)cc2Cl)CC1. The molecule has 3 aromatic rings. The number of carbonyl (C=O) groups is 3. The number of hydrogen-bond donors (Lipinski definition) is 1. The third kappa shape index (κ3) is 7.37. The highest BCUT2D eigenvalue weighted by Crippen LogP contribution is 2.46. The number of fused-ring (bicyclic) bond motifs is 1. The van der Waals surface area contributed by atoms with Crippen molar-refractivity contribution in [3.63, 3.8) is 0 Å². The average Bonchev–Trinajstić information content (AvgIpc) is 2.98. The molecule has 232 valence electrons. The molecule has 0 bridgehead atoms. The number of likely N-dealkylation sites (tertiary alicyclic amines) is 1. The van der Waals surface area contributed by atoms with E-state index in [1.165, 1.54) is 0 Å². The quantitative estimate of drug-likeness (QED) is 0.278. The van der Waals surface area contributed by atoms with Gasteiger partial charge in [-0.05, 0) is 74.4 Å². The van der Waals surface area contributed by atoms with Crippen LogP contribution in [0, 0.1) is 5.92 Å². The fourth-order valence-corrected chi connectivity index (χ4v) is 6.42. The molecule has 3 aromatic carbocycles. The first-order valence-electron chi connectivity index (χ1n) is 14.8. The molecule has 44 heavy (non-hydrogen) atoms. The number of carbonyl (C=O) groups excluding carboxylic acids is 3. The summed E-state index contributed by atoms with van der Waals surface area (Å²) in [6, 6.07) is 21.1. The number of piperidine rings is 1. The van der Waals surface area contributed by atoms with E-state index in [0.29, 0.717) is 59.2 Å². The molecule has 0 saturated carbocycles. The molecule has 8 nitrogen and oxygen atoms in total. The van der Waals surface area contributed by atoms with Crippen LogP contribution < -0.4 is 5.48 Å². The fourth-order valence-electron chi connectivity index (χ4n) is 5.89. The van der Waals surface area contributed by atoms with Crippen molar-refractivity contribution in [1.82, 2.24) is 15.3 Å². The minimum absolute atomic E-state index is 0.0921. The predicted molar refractivity (Wildman–Crippen MR) is 169 cm³/mol. The monoisotopic (exact) mass is 637 g/mol. The normalized spacial score (nSPS) is 19.0. The van der Waals surface area contributed by atoms with Gasteiger partial charge in [0.25, 0.3) is 11.8 Å². The number of hydroxylamine groups is 1. The van der Waals surface area contributed by atoms with Gasteiger partial charge in [-0.2, -0.15) is 0 Å². The molecule has 0 aromatic heterocycles. The summed E-state index contributed by atoms with van der Waals surface area (Å²) in [5, 5.41) is 0.817. The summed E-state index contributed by atoms with van der Waals surface area (Å²) in [4.78, 5) is 49.9. The number of nitrogens with one attached hydrogen (secondary N) is 1. The van der Waals surface area contributed by atoms with Crippen LogP contribution in [0.15, 0.2) is 72.8 Å². The van der Waals surface area contributed by atoms with Gasteiger partial charge in [0.1, 0.15) is 5.60 Å². The van der Waals surface area contributed by atoms with Crippen LogP contribution >= 0.6 is 23.2 Å². The molecule has 1 saturated heterocycles. The maximum absolute atomic E-state index is 14.2. The fraction of sp³-hybridized carbons (Fsp3) is 0.382. The Morgan fingerprint density at radius 2 is 1.61 bits per heavy atom. The van der Waals surface area contributed by atoms with Crippen molar-refractivity contribution in [1.29, 1.82) is 0 Å². The summed E-state index contributed by atoms with van der Waals surface area (Å²) in [5.74, 6) is -1.28. The van der Waals surface area contributed by atoms with E-state index in [0.717, 1.165) is 5.56 Å². The summed E-state index contributed by atoms with van der Waals surface area (Å²) in [6.45, 7) is 7.14. The summed E-state index contributed by atoms with van der Waals surface area (Å²) in [6.07, 6.45) is 1.03. The Bertz CT molecular complexity index is 1500. The zero-order valence-corrected chi connectivity index (χ0v) is 26.6. The molecular weight excluding hydrogens is 601 g/mol. The Balaban J connectivity index is 1.43. The van der Waals surface area contributed by atoms with Gasteiger partial charge in [-0.1, -0.05) is 77.8 Å². The van der Waals surface area contributed by atoms with Crippen molar-refractivity contribution in [2.45, 2.75) is 57.8 Å². The van der Waals surface area contributed by atoms with Crippen LogP contribution in [-0.2, 0) is 21.0 Å². The Labute approximate surface area is 268 Å². The lowest BCUT2D eigenvalue weighted by molar-refractivity contribution is -0.138. The molecule has 2 aliphatic rings. The average molecular weight is 639 g/mol. The zero-order chi connectivity index (χ0) is 31.4. The van der Waals surface area contributed by atoms with Crippen LogP contribution in [-0.4, -0.2) is 52.9 Å². The van der Waals surface area contributed by atoms with Gasteiger partial charge in [-0.25, -0.2) is 10.3 Å². The number of benzene rings is 3. The second-order valence-corrected chi connectivity index (χ2v) is 13.1. The van der Waals surface area contributed by atoms with Crippen LogP contribution in [0.4, 0.5) is 4.79 Å². The topological polar surface area (TPSA) is 88.2 Å². The summed E-state index contributed by atoms with van der Waals surface area (Å²) in [7, 11) is 0. The minimum atomic E-state index is -0.805. The van der Waals surface area contributed by atoms with Crippen LogP contribution in [0.2, 0.25) is 10.0 Å². The third-order valence-corrected chi connectivity index (χ3v) is 8.54. The van der Waals surface area contributed by atoms with E-state index in [1.54, 1.807) is 40.1 Å². The van der Waals surface area contributed by atoms with E-state index in [2.05, 4.69) is 5.48 Å². The summed E-state index contributed by atoms with van der Waals surface area (Å²) >= 11 is 13.0. The molecule has 1 fully saturated rings. The number of hydrogen-bond acceptors (Lipinski definition) is 5. The van der Waals surface area contributed by atoms with Gasteiger partial charge in [0.05, 0.1) is 18.6 Å². The largest absolute Gasteiger partial charge is 0.444 e. The third-order valence-electron chi connectivity index (χ3n) is 7.98. The van der Waals surface area contributed by atoms with Gasteiger partial charge >= 0.3 is 6.09 Å². The Morgan fingerprint density at radius 3 is 2.30 bits per heavy atom. The Kier molecular flexibility index (Phi) is 9.83. The van der Waals surface area contributed by atoms with Crippen molar-refractivity contribution in [2.24, 2.45) is 5.92 Å². The van der Waals surface area contributed by atoms with Gasteiger partial charge in [-0.15, -0.1) is 0 Å². The number of ether oxygens (including phenoxy) is 1. The molecule has 2 atom stereocenters. The van der Waals surface area contributed by atoms with E-state index < -0.39 is 17.6 Å². The predicted octanol–water partition coefficient (Wildman–Crippen LogP) is 7.17. The Morgan fingerprint density at radius 1 is 0.932 bits per heavy atom. The number of nitrogens with zero attached hydrogens (tertiary/aromatic N) is 2. The first-order chi connectivity index (χ1) is 21.0. The van der Waals surface area contributed by atoms with E-state index in [9.17, 15) is 14.4 Å². The smallest absolute Gasteiger partial charge is 0.410 e. The molecule has 3 amide bonds. The molecule has 0 aliphatic carbocycles. The lowest BCUT2D eigenvalue weighted by Crippen LogP contribution is -2.50. The van der Waals surface area contributed by atoms with E-state index in [1.807, 2.05) is 63.2 Å². The number of halogens is 2. The molecule has 0 spiro atoms. The lowest BCUT2D eigenvalue weighted by atomic mass is 9.78. The highest BCUT2D eigenvalue weighted by Gasteiger charge is 2.46. The highest BCUT2D eigenvalue weighted by atomic mass is 35.5. The van der Waals surface area contributed by atoms with Crippen molar-refractivity contribution >= 4 is 41.1 Å². The van der Waals surface area contributed by atoms with Crippen molar-refractivity contribution in [2.75, 3.05) is 19.6 Å². The van der Waals surface area contributed by atoms with Gasteiger partial charge in [0.15, 0.2) is 0 Å². The molecule has 2 heterocycles. The molecular formula is C34H37Cl2N3O5.